The van der Waals surface area contributed by atoms with Crippen molar-refractivity contribution >= 4 is 5.91 Å². The fourth-order valence-electron chi connectivity index (χ4n) is 3.88. The monoisotopic (exact) mass is 396 g/mol. The summed E-state index contributed by atoms with van der Waals surface area (Å²) < 4.78 is 28.7. The number of rotatable bonds is 6. The van der Waals surface area contributed by atoms with E-state index in [-0.39, 0.29) is 17.5 Å². The van der Waals surface area contributed by atoms with Gasteiger partial charge in [0.25, 0.3) is 5.91 Å². The van der Waals surface area contributed by atoms with Crippen LogP contribution in [0.1, 0.15) is 41.0 Å². The Morgan fingerprint density at radius 2 is 1.93 bits per heavy atom. The van der Waals surface area contributed by atoms with Crippen LogP contribution >= 0.6 is 0 Å². The van der Waals surface area contributed by atoms with Crippen LogP contribution in [0.3, 0.4) is 0 Å². The lowest BCUT2D eigenvalue weighted by Crippen LogP contribution is -2.36. The number of carbonyl (C=O) groups excluding carboxylic acids is 1. The molecule has 1 atom stereocenters. The van der Waals surface area contributed by atoms with Crippen molar-refractivity contribution in [2.24, 2.45) is 0 Å². The van der Waals surface area contributed by atoms with E-state index in [0.29, 0.717) is 19.5 Å². The molecular formula is C22H22F2N4O. The Bertz CT molecular complexity index is 989. The molecule has 1 aromatic heterocycles. The molecule has 1 unspecified atom stereocenters. The van der Waals surface area contributed by atoms with Gasteiger partial charge < -0.3 is 9.47 Å². The van der Waals surface area contributed by atoms with Gasteiger partial charge in [-0.25, -0.2) is 8.78 Å². The van der Waals surface area contributed by atoms with Crippen LogP contribution < -0.4 is 0 Å². The van der Waals surface area contributed by atoms with Crippen LogP contribution in [0.5, 0.6) is 0 Å². The highest BCUT2D eigenvalue weighted by molar-refractivity contribution is 5.94. The largest absolute Gasteiger partial charge is 0.336 e. The summed E-state index contributed by atoms with van der Waals surface area (Å²) in [7, 11) is 0. The normalized spacial score (nSPS) is 16.3. The molecule has 1 aliphatic rings. The molecule has 2 heterocycles. The summed E-state index contributed by atoms with van der Waals surface area (Å²) in [5.74, 6) is -1.32. The van der Waals surface area contributed by atoms with E-state index < -0.39 is 11.6 Å². The summed E-state index contributed by atoms with van der Waals surface area (Å²) in [4.78, 5) is 14.6. The molecule has 29 heavy (non-hydrogen) atoms. The topological polar surface area (TPSA) is 51.0 Å². The molecule has 0 aliphatic carbocycles. The van der Waals surface area contributed by atoms with Crippen LogP contribution in [-0.4, -0.2) is 38.2 Å². The molecule has 7 heteroatoms. The molecule has 2 aromatic carbocycles. The molecule has 0 bridgehead atoms. The Kier molecular flexibility index (Phi) is 5.64. The first kappa shape index (κ1) is 19.2. The maximum absolute atomic E-state index is 13.5. The number of hydrogen-bond acceptors (Lipinski definition) is 3. The number of hydrogen-bond donors (Lipinski definition) is 0. The summed E-state index contributed by atoms with van der Waals surface area (Å²) in [6.45, 7) is 1.32. The van der Waals surface area contributed by atoms with Crippen molar-refractivity contribution in [3.63, 3.8) is 0 Å². The van der Waals surface area contributed by atoms with Crippen molar-refractivity contribution in [1.82, 2.24) is 19.7 Å². The zero-order valence-electron chi connectivity index (χ0n) is 16.0. The summed E-state index contributed by atoms with van der Waals surface area (Å²) in [5.41, 5.74) is 1.35. The molecule has 1 fully saturated rings. The highest BCUT2D eigenvalue weighted by Gasteiger charge is 2.30. The van der Waals surface area contributed by atoms with E-state index in [1.807, 2.05) is 22.8 Å². The molecule has 0 saturated carbocycles. The molecule has 1 saturated heterocycles. The Morgan fingerprint density at radius 1 is 1.10 bits per heavy atom. The van der Waals surface area contributed by atoms with E-state index in [4.69, 9.17) is 0 Å². The maximum Gasteiger partial charge on any atom is 0.254 e. The Balaban J connectivity index is 1.41. The van der Waals surface area contributed by atoms with E-state index in [0.717, 1.165) is 37.2 Å². The quantitative estimate of drug-likeness (QED) is 0.636. The van der Waals surface area contributed by atoms with Crippen LogP contribution in [0.15, 0.2) is 54.9 Å². The number of benzene rings is 2. The van der Waals surface area contributed by atoms with Crippen molar-refractivity contribution in [3.05, 3.63) is 83.4 Å². The predicted octanol–water partition coefficient (Wildman–Crippen LogP) is 3.84. The summed E-state index contributed by atoms with van der Waals surface area (Å²) >= 11 is 0. The highest BCUT2D eigenvalue weighted by Crippen LogP contribution is 2.24. The molecule has 0 N–H and O–H groups in total. The Hall–Kier alpha value is -3.09. The minimum absolute atomic E-state index is 0.0532. The van der Waals surface area contributed by atoms with Gasteiger partial charge >= 0.3 is 0 Å². The number of amides is 1. The predicted molar refractivity (Wildman–Crippen MR) is 104 cm³/mol. The third-order valence-electron chi connectivity index (χ3n) is 5.40. The van der Waals surface area contributed by atoms with Crippen LogP contribution in [0.4, 0.5) is 8.78 Å². The first-order valence-electron chi connectivity index (χ1n) is 9.78. The first-order valence-corrected chi connectivity index (χ1v) is 9.78. The number of nitrogens with zero attached hydrogens (tertiary/aromatic N) is 4. The molecular weight excluding hydrogens is 374 g/mol. The van der Waals surface area contributed by atoms with Crippen molar-refractivity contribution in [1.29, 1.82) is 0 Å². The average molecular weight is 396 g/mol. The van der Waals surface area contributed by atoms with Gasteiger partial charge in [-0.05, 0) is 43.0 Å². The van der Waals surface area contributed by atoms with Gasteiger partial charge in [0.15, 0.2) is 11.6 Å². The minimum Gasteiger partial charge on any atom is -0.336 e. The van der Waals surface area contributed by atoms with Gasteiger partial charge in [-0.1, -0.05) is 30.3 Å². The number of aromatic nitrogens is 3. The van der Waals surface area contributed by atoms with Crippen LogP contribution in [0.2, 0.25) is 0 Å². The number of carbonyl (C=O) groups is 1. The van der Waals surface area contributed by atoms with Gasteiger partial charge in [0.1, 0.15) is 12.2 Å². The van der Waals surface area contributed by atoms with Crippen molar-refractivity contribution in [2.45, 2.75) is 38.3 Å². The lowest BCUT2D eigenvalue weighted by Gasteiger charge is -2.25. The molecule has 4 rings (SSSR count). The van der Waals surface area contributed by atoms with Gasteiger partial charge in [-0.3, -0.25) is 4.79 Å². The fraction of sp³-hybridized carbons (Fsp3) is 0.318. The van der Waals surface area contributed by atoms with E-state index in [1.54, 1.807) is 11.2 Å². The average Bonchev–Trinajstić information content (AvgIpc) is 3.38. The van der Waals surface area contributed by atoms with E-state index >= 15 is 0 Å². The van der Waals surface area contributed by atoms with Gasteiger partial charge in [-0.2, -0.15) is 0 Å². The van der Waals surface area contributed by atoms with Crippen LogP contribution in [0, 0.1) is 11.6 Å². The second-order valence-electron chi connectivity index (χ2n) is 7.32. The highest BCUT2D eigenvalue weighted by atomic mass is 19.2. The minimum atomic E-state index is -0.999. The van der Waals surface area contributed by atoms with E-state index in [2.05, 4.69) is 22.3 Å². The lowest BCUT2D eigenvalue weighted by molar-refractivity contribution is 0.0729. The van der Waals surface area contributed by atoms with Crippen molar-refractivity contribution in [3.8, 4) is 0 Å². The Morgan fingerprint density at radius 3 is 2.72 bits per heavy atom. The van der Waals surface area contributed by atoms with Crippen LogP contribution in [-0.2, 0) is 13.0 Å². The number of aryl methyl sites for hydroxylation is 1. The molecule has 1 amide bonds. The molecule has 0 spiro atoms. The standard InChI is InChI=1S/C22H22F2N4O/c23-19-10-8-17(13-20(19)24)22(29)28-12-4-7-18(28)9-11-21-26-25-15-27(21)14-16-5-2-1-3-6-16/h1-3,5-6,8,10,13,15,18H,4,7,9,11-12,14H2. The first-order chi connectivity index (χ1) is 14.1. The Labute approximate surface area is 168 Å². The summed E-state index contributed by atoms with van der Waals surface area (Å²) in [6, 6.07) is 13.5. The van der Waals surface area contributed by atoms with Crippen molar-refractivity contribution < 1.29 is 13.6 Å². The third kappa shape index (κ3) is 4.34. The van der Waals surface area contributed by atoms with Gasteiger partial charge in [0.05, 0.1) is 6.54 Å². The third-order valence-corrected chi connectivity index (χ3v) is 5.40. The molecule has 150 valence electrons. The molecule has 1 aliphatic heterocycles. The zero-order chi connectivity index (χ0) is 20.2. The van der Waals surface area contributed by atoms with Gasteiger partial charge in [-0.15, -0.1) is 10.2 Å². The second kappa shape index (κ2) is 8.51. The van der Waals surface area contributed by atoms with Gasteiger partial charge in [0.2, 0.25) is 0 Å². The maximum atomic E-state index is 13.5. The molecule has 5 nitrogen and oxygen atoms in total. The molecule has 3 aromatic rings. The van der Waals surface area contributed by atoms with Gasteiger partial charge in [0, 0.05) is 24.6 Å². The number of halogens is 2. The zero-order valence-corrected chi connectivity index (χ0v) is 16.0. The smallest absolute Gasteiger partial charge is 0.254 e. The SMILES string of the molecule is O=C(c1ccc(F)c(F)c1)N1CCCC1CCc1nncn1Cc1ccccc1. The second-order valence-corrected chi connectivity index (χ2v) is 7.32. The van der Waals surface area contributed by atoms with E-state index in [1.165, 1.54) is 11.6 Å². The number of likely N-dealkylation sites (tertiary alicyclic amines) is 1. The van der Waals surface area contributed by atoms with Crippen LogP contribution in [0.25, 0.3) is 0 Å². The van der Waals surface area contributed by atoms with Crippen molar-refractivity contribution in [2.75, 3.05) is 6.54 Å². The lowest BCUT2D eigenvalue weighted by atomic mass is 10.1. The fourth-order valence-corrected chi connectivity index (χ4v) is 3.88. The summed E-state index contributed by atoms with van der Waals surface area (Å²) in [5, 5.41) is 8.28. The molecule has 0 radical (unpaired) electrons. The summed E-state index contributed by atoms with van der Waals surface area (Å²) in [6.07, 6.45) is 4.96. The van der Waals surface area contributed by atoms with E-state index in [9.17, 15) is 13.6 Å².